The normalized spacial score (nSPS) is 13.8. The van der Waals surface area contributed by atoms with Gasteiger partial charge in [-0.3, -0.25) is 14.9 Å². The Bertz CT molecular complexity index is 822. The van der Waals surface area contributed by atoms with Gasteiger partial charge in [-0.1, -0.05) is 32.9 Å². The standard InChI is InChI=1S/C19H20N2O4/c1-19(2,3)14-6-4-13(5-7-14)18(22)20-10-11-25-17-9-8-15(21(23)24)12-16(17)20/h4-9,12H,10-11H2,1-3H3. The molecule has 0 aromatic heterocycles. The maximum absolute atomic E-state index is 12.9. The molecule has 0 saturated carbocycles. The zero-order chi connectivity index (χ0) is 18.2. The van der Waals surface area contributed by atoms with Crippen LogP contribution in [-0.2, 0) is 5.41 Å². The van der Waals surface area contributed by atoms with Gasteiger partial charge in [-0.05, 0) is 29.2 Å². The smallest absolute Gasteiger partial charge is 0.271 e. The highest BCUT2D eigenvalue weighted by Gasteiger charge is 2.27. The molecule has 0 fully saturated rings. The first-order valence-corrected chi connectivity index (χ1v) is 8.11. The predicted octanol–water partition coefficient (Wildman–Crippen LogP) is 3.93. The number of benzene rings is 2. The first kappa shape index (κ1) is 17.0. The molecule has 6 heteroatoms. The van der Waals surface area contributed by atoms with Crippen LogP contribution in [0, 0.1) is 10.1 Å². The molecule has 1 aliphatic rings. The van der Waals surface area contributed by atoms with Crippen molar-refractivity contribution in [2.75, 3.05) is 18.1 Å². The number of fused-ring (bicyclic) bond motifs is 1. The number of ether oxygens (including phenoxy) is 1. The molecule has 2 aromatic rings. The number of nitrogens with zero attached hydrogens (tertiary/aromatic N) is 2. The molecule has 0 unspecified atom stereocenters. The SMILES string of the molecule is CC(C)(C)c1ccc(C(=O)N2CCOc3ccc([N+](=O)[O-])cc32)cc1. The molecule has 0 atom stereocenters. The number of hydrogen-bond acceptors (Lipinski definition) is 4. The number of nitro groups is 1. The Kier molecular flexibility index (Phi) is 4.20. The zero-order valence-corrected chi connectivity index (χ0v) is 14.5. The number of carbonyl (C=O) groups excluding carboxylic acids is 1. The van der Waals surface area contributed by atoms with E-state index in [1.54, 1.807) is 12.1 Å². The first-order valence-electron chi connectivity index (χ1n) is 8.11. The molecular weight excluding hydrogens is 320 g/mol. The summed E-state index contributed by atoms with van der Waals surface area (Å²) in [4.78, 5) is 25.0. The number of anilines is 1. The predicted molar refractivity (Wildman–Crippen MR) is 95.4 cm³/mol. The van der Waals surface area contributed by atoms with Crippen molar-refractivity contribution in [1.29, 1.82) is 0 Å². The molecule has 130 valence electrons. The van der Waals surface area contributed by atoms with Crippen molar-refractivity contribution in [2.45, 2.75) is 26.2 Å². The second-order valence-electron chi connectivity index (χ2n) is 7.04. The van der Waals surface area contributed by atoms with Crippen LogP contribution in [0.4, 0.5) is 11.4 Å². The number of nitro benzene ring substituents is 1. The third kappa shape index (κ3) is 3.33. The summed E-state index contributed by atoms with van der Waals surface area (Å²) in [5.41, 5.74) is 2.07. The van der Waals surface area contributed by atoms with E-state index in [0.29, 0.717) is 30.2 Å². The summed E-state index contributed by atoms with van der Waals surface area (Å²) in [7, 11) is 0. The Morgan fingerprint density at radius 3 is 2.44 bits per heavy atom. The topological polar surface area (TPSA) is 72.7 Å². The maximum atomic E-state index is 12.9. The molecule has 3 rings (SSSR count). The molecule has 0 N–H and O–H groups in total. The van der Waals surface area contributed by atoms with Gasteiger partial charge >= 0.3 is 0 Å². The molecular formula is C19H20N2O4. The molecule has 6 nitrogen and oxygen atoms in total. The Balaban J connectivity index is 1.94. The number of rotatable bonds is 2. The summed E-state index contributed by atoms with van der Waals surface area (Å²) >= 11 is 0. The molecule has 0 radical (unpaired) electrons. The lowest BCUT2D eigenvalue weighted by molar-refractivity contribution is -0.384. The van der Waals surface area contributed by atoms with Crippen LogP contribution in [0.2, 0.25) is 0 Å². The Hall–Kier alpha value is -2.89. The number of non-ortho nitro benzene ring substituents is 1. The van der Waals surface area contributed by atoms with Crippen LogP contribution in [0.15, 0.2) is 42.5 Å². The summed E-state index contributed by atoms with van der Waals surface area (Å²) in [5.74, 6) is 0.294. The van der Waals surface area contributed by atoms with E-state index in [0.717, 1.165) is 5.56 Å². The second-order valence-corrected chi connectivity index (χ2v) is 7.04. The third-order valence-electron chi connectivity index (χ3n) is 4.26. The molecule has 0 aliphatic carbocycles. The van der Waals surface area contributed by atoms with Crippen LogP contribution >= 0.6 is 0 Å². The van der Waals surface area contributed by atoms with Crippen molar-refractivity contribution in [2.24, 2.45) is 0 Å². The summed E-state index contributed by atoms with van der Waals surface area (Å²) in [6, 6.07) is 11.8. The minimum Gasteiger partial charge on any atom is -0.490 e. The molecule has 0 spiro atoms. The van der Waals surface area contributed by atoms with Crippen molar-refractivity contribution in [3.63, 3.8) is 0 Å². The molecule has 0 saturated heterocycles. The minimum absolute atomic E-state index is 0.00769. The van der Waals surface area contributed by atoms with Crippen LogP contribution < -0.4 is 9.64 Å². The fourth-order valence-corrected chi connectivity index (χ4v) is 2.80. The average Bonchev–Trinajstić information content (AvgIpc) is 2.59. The zero-order valence-electron chi connectivity index (χ0n) is 14.5. The lowest BCUT2D eigenvalue weighted by Crippen LogP contribution is -2.38. The van der Waals surface area contributed by atoms with Crippen molar-refractivity contribution in [3.05, 3.63) is 63.7 Å². The van der Waals surface area contributed by atoms with Crippen molar-refractivity contribution >= 4 is 17.3 Å². The van der Waals surface area contributed by atoms with Gasteiger partial charge in [0, 0.05) is 17.7 Å². The fraction of sp³-hybridized carbons (Fsp3) is 0.316. The fourth-order valence-electron chi connectivity index (χ4n) is 2.80. The average molecular weight is 340 g/mol. The van der Waals surface area contributed by atoms with Gasteiger partial charge in [0.25, 0.3) is 11.6 Å². The minimum atomic E-state index is -0.477. The summed E-state index contributed by atoms with van der Waals surface area (Å²) in [6.07, 6.45) is 0. The van der Waals surface area contributed by atoms with E-state index in [1.807, 2.05) is 12.1 Å². The molecule has 0 bridgehead atoms. The van der Waals surface area contributed by atoms with Crippen molar-refractivity contribution in [1.82, 2.24) is 0 Å². The van der Waals surface area contributed by atoms with Crippen LogP contribution in [-0.4, -0.2) is 24.0 Å². The van der Waals surface area contributed by atoms with Crippen LogP contribution in [0.25, 0.3) is 0 Å². The molecule has 25 heavy (non-hydrogen) atoms. The Labute approximate surface area is 146 Å². The Morgan fingerprint density at radius 1 is 1.16 bits per heavy atom. The summed E-state index contributed by atoms with van der Waals surface area (Å²) < 4.78 is 5.52. The number of hydrogen-bond donors (Lipinski definition) is 0. The van der Waals surface area contributed by atoms with Crippen LogP contribution in [0.3, 0.4) is 0 Å². The van der Waals surface area contributed by atoms with E-state index in [2.05, 4.69) is 20.8 Å². The third-order valence-corrected chi connectivity index (χ3v) is 4.26. The monoisotopic (exact) mass is 340 g/mol. The van der Waals surface area contributed by atoms with E-state index in [4.69, 9.17) is 4.74 Å². The molecule has 1 aliphatic heterocycles. The van der Waals surface area contributed by atoms with E-state index in [-0.39, 0.29) is 17.0 Å². The van der Waals surface area contributed by atoms with Crippen molar-refractivity contribution in [3.8, 4) is 5.75 Å². The highest BCUT2D eigenvalue weighted by molar-refractivity contribution is 6.07. The number of carbonyl (C=O) groups is 1. The lowest BCUT2D eigenvalue weighted by atomic mass is 9.86. The Morgan fingerprint density at radius 2 is 1.84 bits per heavy atom. The van der Waals surface area contributed by atoms with Crippen molar-refractivity contribution < 1.29 is 14.5 Å². The van der Waals surface area contributed by atoms with Gasteiger partial charge in [-0.15, -0.1) is 0 Å². The summed E-state index contributed by atoms with van der Waals surface area (Å²) in [6.45, 7) is 7.05. The van der Waals surface area contributed by atoms with E-state index < -0.39 is 4.92 Å². The van der Waals surface area contributed by atoms with Crippen LogP contribution in [0.5, 0.6) is 5.75 Å². The molecule has 1 heterocycles. The largest absolute Gasteiger partial charge is 0.490 e. The van der Waals surface area contributed by atoms with E-state index >= 15 is 0 Å². The van der Waals surface area contributed by atoms with Gasteiger partial charge < -0.3 is 9.64 Å². The second kappa shape index (κ2) is 6.20. The lowest BCUT2D eigenvalue weighted by Gasteiger charge is -2.29. The summed E-state index contributed by atoms with van der Waals surface area (Å²) in [5, 5.41) is 11.0. The highest BCUT2D eigenvalue weighted by Crippen LogP contribution is 2.35. The van der Waals surface area contributed by atoms with Gasteiger partial charge in [-0.2, -0.15) is 0 Å². The van der Waals surface area contributed by atoms with Gasteiger partial charge in [0.2, 0.25) is 0 Å². The highest BCUT2D eigenvalue weighted by atomic mass is 16.6. The molecule has 1 amide bonds. The van der Waals surface area contributed by atoms with Crippen LogP contribution in [0.1, 0.15) is 36.7 Å². The van der Waals surface area contributed by atoms with Gasteiger partial charge in [0.05, 0.1) is 17.2 Å². The van der Waals surface area contributed by atoms with E-state index in [9.17, 15) is 14.9 Å². The van der Waals surface area contributed by atoms with Gasteiger partial charge in [0.1, 0.15) is 12.4 Å². The molecule has 2 aromatic carbocycles. The number of amides is 1. The van der Waals surface area contributed by atoms with Gasteiger partial charge in [0.15, 0.2) is 0 Å². The maximum Gasteiger partial charge on any atom is 0.271 e. The first-order chi connectivity index (χ1) is 11.8. The quantitative estimate of drug-likeness (QED) is 0.613. The van der Waals surface area contributed by atoms with E-state index in [1.165, 1.54) is 23.1 Å². The van der Waals surface area contributed by atoms with Gasteiger partial charge in [-0.25, -0.2) is 0 Å².